The fraction of sp³-hybridized carbons (Fsp3) is 0.233. The van der Waals surface area contributed by atoms with Crippen LogP contribution in [0, 0.1) is 16.7 Å². The predicted octanol–water partition coefficient (Wildman–Crippen LogP) is 6.54. The van der Waals surface area contributed by atoms with Crippen LogP contribution in [0.1, 0.15) is 34.3 Å². The number of esters is 1. The third-order valence-corrected chi connectivity index (χ3v) is 8.43. The lowest BCUT2D eigenvalue weighted by Gasteiger charge is -2.36. The van der Waals surface area contributed by atoms with E-state index in [0.29, 0.717) is 21.3 Å². The highest BCUT2D eigenvalue weighted by atomic mass is 79.9. The Kier molecular flexibility index (Phi) is 7.17. The Morgan fingerprint density at radius 1 is 1.08 bits per heavy atom. The van der Waals surface area contributed by atoms with Crippen molar-refractivity contribution in [3.8, 4) is 11.8 Å². The summed E-state index contributed by atoms with van der Waals surface area (Å²) in [6, 6.07) is 21.1. The van der Waals surface area contributed by atoms with Gasteiger partial charge in [0.25, 0.3) is 0 Å². The zero-order valence-corrected chi connectivity index (χ0v) is 23.9. The van der Waals surface area contributed by atoms with Crippen molar-refractivity contribution >= 4 is 55.4 Å². The van der Waals surface area contributed by atoms with Crippen molar-refractivity contribution in [1.29, 1.82) is 5.26 Å². The molecule has 6 nitrogen and oxygen atoms in total. The van der Waals surface area contributed by atoms with Gasteiger partial charge in [-0.05, 0) is 70.4 Å². The number of ether oxygens (including phenoxy) is 2. The summed E-state index contributed by atoms with van der Waals surface area (Å²) in [5.74, 6) is -1.06. The van der Waals surface area contributed by atoms with Crippen LogP contribution in [0.15, 0.2) is 81.8 Å². The van der Waals surface area contributed by atoms with Crippen molar-refractivity contribution in [1.82, 2.24) is 0 Å². The average Bonchev–Trinajstić information content (AvgIpc) is 3.25. The quantitative estimate of drug-likeness (QED) is 0.226. The molecule has 38 heavy (non-hydrogen) atoms. The van der Waals surface area contributed by atoms with E-state index in [9.17, 15) is 14.9 Å². The minimum Gasteiger partial charge on any atom is -0.496 e. The van der Waals surface area contributed by atoms with Gasteiger partial charge in [0.05, 0.1) is 30.3 Å². The SMILES string of the molecule is CCOC(=O)[C@@]1(C#N)[C@H](c2ccc(Br)cc2)[C@H](C(=O)c2ccc(OC)c(Br)c2)N2c3ccccc3C=C[C@H]21. The number of para-hydroxylation sites is 1. The van der Waals surface area contributed by atoms with E-state index < -0.39 is 29.4 Å². The van der Waals surface area contributed by atoms with Gasteiger partial charge in [0, 0.05) is 21.6 Å². The van der Waals surface area contributed by atoms with Crippen LogP contribution in [0.25, 0.3) is 6.08 Å². The third kappa shape index (κ3) is 4.05. The Morgan fingerprint density at radius 2 is 1.82 bits per heavy atom. The Balaban J connectivity index is 1.79. The predicted molar refractivity (Wildman–Crippen MR) is 152 cm³/mol. The van der Waals surface area contributed by atoms with Crippen LogP contribution in [0.4, 0.5) is 5.69 Å². The number of hydrogen-bond acceptors (Lipinski definition) is 6. The standard InChI is InChI=1S/C30H24Br2N2O4/c1-3-38-29(36)30(17-33)25-15-11-18-6-4-5-7-23(18)34(25)27(26(30)19-8-12-21(31)13-9-19)28(35)20-10-14-24(37-2)22(32)16-20/h4-16,25-27H,3H2,1-2H3/t25-,26+,27+,30+/m0/s1. The van der Waals surface area contributed by atoms with Crippen molar-refractivity contribution in [2.24, 2.45) is 5.41 Å². The second kappa shape index (κ2) is 10.4. The normalized spacial score (nSPS) is 23.2. The van der Waals surface area contributed by atoms with Gasteiger partial charge >= 0.3 is 5.97 Å². The van der Waals surface area contributed by atoms with Gasteiger partial charge in [-0.3, -0.25) is 9.59 Å². The van der Waals surface area contributed by atoms with E-state index in [1.165, 1.54) is 0 Å². The molecule has 2 aliphatic rings. The molecule has 2 aliphatic heterocycles. The van der Waals surface area contributed by atoms with Gasteiger partial charge in [-0.1, -0.05) is 58.4 Å². The highest BCUT2D eigenvalue weighted by Gasteiger charge is 2.67. The molecular formula is C30H24Br2N2O4. The summed E-state index contributed by atoms with van der Waals surface area (Å²) < 4.78 is 12.4. The topological polar surface area (TPSA) is 79.6 Å². The van der Waals surface area contributed by atoms with E-state index in [1.807, 2.05) is 65.6 Å². The lowest BCUT2D eigenvalue weighted by Crippen LogP contribution is -2.47. The van der Waals surface area contributed by atoms with Crippen LogP contribution in [0.5, 0.6) is 5.75 Å². The molecule has 0 amide bonds. The van der Waals surface area contributed by atoms with Gasteiger partial charge in [0.2, 0.25) is 0 Å². The number of nitrogens with zero attached hydrogens (tertiary/aromatic N) is 2. The van der Waals surface area contributed by atoms with Crippen LogP contribution < -0.4 is 9.64 Å². The summed E-state index contributed by atoms with van der Waals surface area (Å²) in [7, 11) is 1.56. The highest BCUT2D eigenvalue weighted by molar-refractivity contribution is 9.10. The molecule has 0 N–H and O–H groups in total. The van der Waals surface area contributed by atoms with Crippen molar-refractivity contribution in [3.63, 3.8) is 0 Å². The number of Topliss-reactive ketones (excluding diaryl/α,β-unsaturated/α-hetero) is 1. The van der Waals surface area contributed by atoms with E-state index >= 15 is 0 Å². The minimum absolute atomic E-state index is 0.117. The van der Waals surface area contributed by atoms with Crippen molar-refractivity contribution < 1.29 is 19.1 Å². The number of hydrogen-bond donors (Lipinski definition) is 0. The maximum atomic E-state index is 14.5. The van der Waals surface area contributed by atoms with Gasteiger partial charge < -0.3 is 14.4 Å². The molecule has 1 fully saturated rings. The second-order valence-corrected chi connectivity index (χ2v) is 10.9. The minimum atomic E-state index is -1.67. The van der Waals surface area contributed by atoms with Crippen molar-refractivity contribution in [2.75, 3.05) is 18.6 Å². The molecule has 3 aromatic carbocycles. The van der Waals surface area contributed by atoms with E-state index in [0.717, 1.165) is 15.7 Å². The number of ketones is 1. The van der Waals surface area contributed by atoms with Crippen LogP contribution in [-0.2, 0) is 9.53 Å². The first-order chi connectivity index (χ1) is 18.4. The zero-order chi connectivity index (χ0) is 27.0. The first-order valence-electron chi connectivity index (χ1n) is 12.1. The van der Waals surface area contributed by atoms with Crippen LogP contribution in [-0.4, -0.2) is 37.6 Å². The molecule has 0 radical (unpaired) electrons. The molecule has 5 rings (SSSR count). The first-order valence-corrected chi connectivity index (χ1v) is 13.7. The van der Waals surface area contributed by atoms with E-state index in [2.05, 4.69) is 37.9 Å². The number of methoxy groups -OCH3 is 1. The molecule has 0 saturated carbocycles. The summed E-state index contributed by atoms with van der Waals surface area (Å²) in [4.78, 5) is 30.2. The molecule has 3 aromatic rings. The van der Waals surface area contributed by atoms with Gasteiger partial charge in [0.1, 0.15) is 11.8 Å². The monoisotopic (exact) mass is 634 g/mol. The number of anilines is 1. The van der Waals surface area contributed by atoms with E-state index in [-0.39, 0.29) is 12.4 Å². The summed E-state index contributed by atoms with van der Waals surface area (Å²) >= 11 is 6.97. The molecule has 0 bridgehead atoms. The lowest BCUT2D eigenvalue weighted by molar-refractivity contribution is -0.152. The van der Waals surface area contributed by atoms with Crippen LogP contribution in [0.3, 0.4) is 0 Å². The average molecular weight is 636 g/mol. The number of fused-ring (bicyclic) bond motifs is 3. The molecular weight excluding hydrogens is 612 g/mol. The van der Waals surface area contributed by atoms with Gasteiger partial charge in [0.15, 0.2) is 11.2 Å². The van der Waals surface area contributed by atoms with Crippen LogP contribution >= 0.6 is 31.9 Å². The fourth-order valence-corrected chi connectivity index (χ4v) is 6.46. The summed E-state index contributed by atoms with van der Waals surface area (Å²) in [6.45, 7) is 1.83. The second-order valence-electron chi connectivity index (χ2n) is 9.16. The summed E-state index contributed by atoms with van der Waals surface area (Å²) in [5, 5.41) is 10.8. The maximum absolute atomic E-state index is 14.5. The zero-order valence-electron chi connectivity index (χ0n) is 20.7. The van der Waals surface area contributed by atoms with E-state index in [4.69, 9.17) is 9.47 Å². The van der Waals surface area contributed by atoms with Gasteiger partial charge in [-0.25, -0.2) is 0 Å². The third-order valence-electron chi connectivity index (χ3n) is 7.28. The Labute approximate surface area is 238 Å². The molecule has 0 unspecified atom stereocenters. The number of halogens is 2. The Bertz CT molecular complexity index is 1480. The molecule has 2 heterocycles. The summed E-state index contributed by atoms with van der Waals surface area (Å²) in [5.41, 5.74) is 1.17. The molecule has 192 valence electrons. The number of nitriles is 1. The number of benzene rings is 3. The molecule has 0 aromatic heterocycles. The highest BCUT2D eigenvalue weighted by Crippen LogP contribution is 2.56. The smallest absolute Gasteiger partial charge is 0.329 e. The number of carbonyl (C=O) groups is 2. The molecule has 1 saturated heterocycles. The lowest BCUT2D eigenvalue weighted by atomic mass is 9.68. The largest absolute Gasteiger partial charge is 0.496 e. The van der Waals surface area contributed by atoms with Crippen molar-refractivity contribution in [3.05, 3.63) is 98.4 Å². The number of carbonyl (C=O) groups excluding carboxylic acids is 2. The molecule has 0 spiro atoms. The maximum Gasteiger partial charge on any atom is 0.329 e. The molecule has 4 atom stereocenters. The fourth-order valence-electron chi connectivity index (χ4n) is 5.65. The van der Waals surface area contributed by atoms with E-state index in [1.54, 1.807) is 32.2 Å². The summed E-state index contributed by atoms with van der Waals surface area (Å²) in [6.07, 6.45) is 3.77. The van der Waals surface area contributed by atoms with Crippen molar-refractivity contribution in [2.45, 2.75) is 24.9 Å². The Hall–Kier alpha value is -3.41. The Morgan fingerprint density at radius 3 is 2.47 bits per heavy atom. The van der Waals surface area contributed by atoms with Gasteiger partial charge in [-0.2, -0.15) is 5.26 Å². The van der Waals surface area contributed by atoms with Crippen LogP contribution in [0.2, 0.25) is 0 Å². The van der Waals surface area contributed by atoms with Gasteiger partial charge in [-0.15, -0.1) is 0 Å². The first kappa shape index (κ1) is 26.2. The number of rotatable bonds is 6. The molecule has 0 aliphatic carbocycles. The molecule has 8 heteroatoms.